The van der Waals surface area contributed by atoms with Gasteiger partial charge in [0.15, 0.2) is 0 Å². The van der Waals surface area contributed by atoms with Crippen LogP contribution in [0, 0.1) is 23.6 Å². The topological polar surface area (TPSA) is 119 Å². The number of carbonyl (C=O) groups excluding carboxylic acids is 1. The number of allylic oxidation sites excluding steroid dienone is 1. The van der Waals surface area contributed by atoms with Crippen molar-refractivity contribution in [3.05, 3.63) is 108 Å². The van der Waals surface area contributed by atoms with E-state index >= 15 is 4.79 Å². The van der Waals surface area contributed by atoms with Gasteiger partial charge in [0, 0.05) is 42.6 Å². The second-order valence-corrected chi connectivity index (χ2v) is 21.2. The molecule has 2 N–H and O–H groups in total. The van der Waals surface area contributed by atoms with Crippen LogP contribution in [-0.2, 0) is 20.9 Å². The second kappa shape index (κ2) is 27.5. The van der Waals surface area contributed by atoms with Crippen molar-refractivity contribution >= 4 is 23.6 Å². The van der Waals surface area contributed by atoms with Gasteiger partial charge in [-0.3, -0.25) is 4.90 Å². The standard InChI is InChI=1S/C58H81FN2O8S/c1-7-9-10-11-12-13-14-15-16-21-37-65-56(64)61(41-42-24-26-44(59)27-25-42)53-40-51(60-69-57(3,4)5)49-38-43(22-17-19-34-62)48(23-18-20-35-63)54-50-39-46(67-45-28-31-47(70-6)32-29-45)30-33-52(50)68-58(53,55(49)54)66-36-8-2/h8,24-33,38-39,43,48,53-55,62-63H,2,7,9-23,34-37,40-41H2,1,3-6H3/t43-,48+,53-,54+,55+,58+/m0/s1. The molecule has 0 unspecified atom stereocenters. The lowest BCUT2D eigenvalue weighted by Gasteiger charge is -2.60. The molecule has 3 aliphatic rings. The molecule has 1 amide bonds. The Bertz CT molecular complexity index is 2140. The first-order chi connectivity index (χ1) is 33.9. The predicted molar refractivity (Wildman–Crippen MR) is 279 cm³/mol. The first kappa shape index (κ1) is 55.0. The second-order valence-electron chi connectivity index (χ2n) is 20.3. The fourth-order valence-corrected chi connectivity index (χ4v) is 11.0. The summed E-state index contributed by atoms with van der Waals surface area (Å²) in [6.07, 6.45) is 21.9. The molecule has 10 nitrogen and oxygen atoms in total. The summed E-state index contributed by atoms with van der Waals surface area (Å²) in [6, 6.07) is 19.4. The molecule has 0 bridgehead atoms. The molecule has 0 spiro atoms. The zero-order valence-electron chi connectivity index (χ0n) is 42.7. The molecular weight excluding hydrogens is 904 g/mol. The predicted octanol–water partition coefficient (Wildman–Crippen LogP) is 14.3. The average Bonchev–Trinajstić information content (AvgIpc) is 3.35. The van der Waals surface area contributed by atoms with Gasteiger partial charge in [-0.1, -0.05) is 107 Å². The van der Waals surface area contributed by atoms with Gasteiger partial charge in [-0.2, -0.15) is 0 Å². The van der Waals surface area contributed by atoms with E-state index in [2.05, 4.69) is 25.6 Å². The van der Waals surface area contributed by atoms with Crippen LogP contribution < -0.4 is 9.47 Å². The van der Waals surface area contributed by atoms with Crippen LogP contribution in [0.5, 0.6) is 17.2 Å². The Balaban J connectivity index is 1.48. The van der Waals surface area contributed by atoms with Crippen LogP contribution in [-0.4, -0.2) is 77.0 Å². The van der Waals surface area contributed by atoms with Crippen molar-refractivity contribution in [3.8, 4) is 17.2 Å². The Morgan fingerprint density at radius 1 is 0.886 bits per heavy atom. The number of amides is 1. The SMILES string of the molecule is C=CCO[C@@]12Oc3ccc(Oc4ccc(SC)cc4)cc3[C@H]3[C@H](CCCCO)[C@@H](CCCCO)C=C(C(=NOC(C)(C)C)C[C@@H]1N(Cc1ccc(F)cc1)C(=O)OCCCCCCCCCCCC)[C@H]32. The number of fused-ring (bicyclic) bond motifs is 2. The number of thioether (sulfide) groups is 1. The minimum Gasteiger partial charge on any atom is -0.459 e. The highest BCUT2D eigenvalue weighted by Crippen LogP contribution is 2.62. The maximum absolute atomic E-state index is 15.0. The van der Waals surface area contributed by atoms with E-state index in [1.54, 1.807) is 34.9 Å². The Morgan fingerprint density at radius 2 is 1.54 bits per heavy atom. The van der Waals surface area contributed by atoms with E-state index in [9.17, 15) is 14.6 Å². The van der Waals surface area contributed by atoms with Crippen LogP contribution in [0.25, 0.3) is 0 Å². The summed E-state index contributed by atoms with van der Waals surface area (Å²) in [5.74, 6) is -0.542. The highest BCUT2D eigenvalue weighted by Gasteiger charge is 2.65. The molecule has 12 heteroatoms. The fraction of sp³-hybridized carbons (Fsp3) is 0.586. The smallest absolute Gasteiger partial charge is 0.410 e. The van der Waals surface area contributed by atoms with Crippen LogP contribution in [0.2, 0.25) is 0 Å². The van der Waals surface area contributed by atoms with E-state index in [0.29, 0.717) is 35.8 Å². The van der Waals surface area contributed by atoms with E-state index in [1.807, 2.05) is 63.4 Å². The van der Waals surface area contributed by atoms with Crippen LogP contribution in [0.3, 0.4) is 0 Å². The van der Waals surface area contributed by atoms with Crippen molar-refractivity contribution in [1.82, 2.24) is 4.90 Å². The van der Waals surface area contributed by atoms with Crippen LogP contribution in [0.1, 0.15) is 154 Å². The first-order valence-corrected chi connectivity index (χ1v) is 27.4. The lowest BCUT2D eigenvalue weighted by Crippen LogP contribution is -2.70. The van der Waals surface area contributed by atoms with Crippen molar-refractivity contribution in [1.29, 1.82) is 0 Å². The summed E-state index contributed by atoms with van der Waals surface area (Å²) < 4.78 is 42.0. The summed E-state index contributed by atoms with van der Waals surface area (Å²) in [5.41, 5.74) is 2.67. The number of hydrogen-bond acceptors (Lipinski definition) is 10. The highest BCUT2D eigenvalue weighted by atomic mass is 32.2. The largest absolute Gasteiger partial charge is 0.459 e. The molecule has 384 valence electrons. The van der Waals surface area contributed by atoms with Gasteiger partial charge < -0.3 is 34.0 Å². The van der Waals surface area contributed by atoms with Crippen LogP contribution >= 0.6 is 11.8 Å². The molecule has 1 fully saturated rings. The molecule has 1 saturated carbocycles. The van der Waals surface area contributed by atoms with Gasteiger partial charge in [-0.05, 0) is 137 Å². The molecule has 2 aliphatic carbocycles. The van der Waals surface area contributed by atoms with Crippen molar-refractivity contribution in [2.24, 2.45) is 22.9 Å². The quantitative estimate of drug-likeness (QED) is 0.0303. The molecule has 6 rings (SSSR count). The lowest BCUT2D eigenvalue weighted by molar-refractivity contribution is -0.256. The molecule has 3 aromatic rings. The molecule has 0 saturated heterocycles. The maximum Gasteiger partial charge on any atom is 0.410 e. The maximum atomic E-state index is 15.0. The summed E-state index contributed by atoms with van der Waals surface area (Å²) in [6.45, 7) is 12.9. The van der Waals surface area contributed by atoms with Gasteiger partial charge in [0.05, 0.1) is 24.8 Å². The van der Waals surface area contributed by atoms with E-state index in [1.165, 1.54) is 57.1 Å². The van der Waals surface area contributed by atoms with Crippen molar-refractivity contribution in [3.63, 3.8) is 0 Å². The third kappa shape index (κ3) is 14.9. The van der Waals surface area contributed by atoms with E-state index < -0.39 is 29.4 Å². The number of ether oxygens (including phenoxy) is 4. The van der Waals surface area contributed by atoms with Crippen molar-refractivity contribution < 1.29 is 43.2 Å². The summed E-state index contributed by atoms with van der Waals surface area (Å²) >= 11 is 1.67. The van der Waals surface area contributed by atoms with Crippen LogP contribution in [0.15, 0.2) is 101 Å². The van der Waals surface area contributed by atoms with Gasteiger partial charge in [0.1, 0.15) is 34.7 Å². The number of rotatable bonds is 29. The molecule has 3 aromatic carbocycles. The van der Waals surface area contributed by atoms with Gasteiger partial charge in [0.2, 0.25) is 5.79 Å². The number of unbranched alkanes of at least 4 members (excludes halogenated alkanes) is 11. The molecule has 6 atom stereocenters. The normalized spacial score (nSPS) is 22.1. The van der Waals surface area contributed by atoms with Gasteiger partial charge in [-0.25, -0.2) is 9.18 Å². The van der Waals surface area contributed by atoms with Gasteiger partial charge in [0.25, 0.3) is 0 Å². The summed E-state index contributed by atoms with van der Waals surface area (Å²) in [7, 11) is 0. The van der Waals surface area contributed by atoms with Gasteiger partial charge in [-0.15, -0.1) is 18.3 Å². The Morgan fingerprint density at radius 3 is 2.19 bits per heavy atom. The number of benzene rings is 3. The third-order valence-corrected chi connectivity index (χ3v) is 14.7. The number of halogens is 1. The summed E-state index contributed by atoms with van der Waals surface area (Å²) in [4.78, 5) is 24.2. The van der Waals surface area contributed by atoms with E-state index in [-0.39, 0.29) is 63.0 Å². The van der Waals surface area contributed by atoms with Crippen LogP contribution in [0.4, 0.5) is 9.18 Å². The third-order valence-electron chi connectivity index (χ3n) is 14.0. The molecule has 70 heavy (non-hydrogen) atoms. The number of carbonyl (C=O) groups is 1. The fourth-order valence-electron chi connectivity index (χ4n) is 10.6. The number of aliphatic hydroxyl groups excluding tert-OH is 2. The molecular formula is C58H81FN2O8S. The monoisotopic (exact) mass is 985 g/mol. The number of aliphatic hydroxyl groups is 2. The molecule has 0 radical (unpaired) electrons. The molecule has 1 heterocycles. The van der Waals surface area contributed by atoms with E-state index in [4.69, 9.17) is 28.9 Å². The Labute approximate surface area is 422 Å². The minimum atomic E-state index is -1.49. The number of nitrogens with zero attached hydrogens (tertiary/aromatic N) is 2. The summed E-state index contributed by atoms with van der Waals surface area (Å²) in [5, 5.41) is 25.1. The van der Waals surface area contributed by atoms with Crippen molar-refractivity contribution in [2.75, 3.05) is 32.7 Å². The minimum absolute atomic E-state index is 0.0295. The zero-order valence-corrected chi connectivity index (χ0v) is 43.5. The lowest BCUT2D eigenvalue weighted by atomic mass is 9.55. The Kier molecular flexibility index (Phi) is 21.6. The number of hydrogen-bond donors (Lipinski definition) is 2. The van der Waals surface area contributed by atoms with E-state index in [0.717, 1.165) is 66.5 Å². The van der Waals surface area contributed by atoms with Crippen molar-refractivity contribution in [2.45, 2.75) is 172 Å². The molecule has 1 aliphatic heterocycles. The highest BCUT2D eigenvalue weighted by molar-refractivity contribution is 7.98. The first-order valence-electron chi connectivity index (χ1n) is 26.2. The Hall–Kier alpha value is -4.36. The zero-order chi connectivity index (χ0) is 49.9. The average molecular weight is 985 g/mol. The molecule has 0 aromatic heterocycles. The number of oxime groups is 1. The van der Waals surface area contributed by atoms with Gasteiger partial charge >= 0.3 is 6.09 Å².